The Hall–Kier alpha value is -2.07. The zero-order chi connectivity index (χ0) is 15.6. The van der Waals surface area contributed by atoms with Crippen LogP contribution < -0.4 is 0 Å². The number of pyridine rings is 1. The van der Waals surface area contributed by atoms with Crippen molar-refractivity contribution in [2.45, 2.75) is 25.7 Å². The van der Waals surface area contributed by atoms with E-state index in [2.05, 4.69) is 40.1 Å². The molecule has 0 N–H and O–H groups in total. The van der Waals surface area contributed by atoms with Crippen molar-refractivity contribution in [1.29, 1.82) is 0 Å². The van der Waals surface area contributed by atoms with Crippen molar-refractivity contribution in [3.63, 3.8) is 0 Å². The minimum atomic E-state index is 0.733. The molecule has 4 rings (SSSR count). The molecule has 0 spiro atoms. The first-order chi connectivity index (χ1) is 11.3. The standard InChI is InChI=1S/C19H22N4/c1-23-7-5-14(6-8-23)9-17-12-20-13-19(22-17)16-10-15-3-2-4-18(15)21-11-16/h2-3,10-14H,4-9H2,1H3. The second-order valence-corrected chi connectivity index (χ2v) is 6.71. The summed E-state index contributed by atoms with van der Waals surface area (Å²) in [7, 11) is 2.20. The van der Waals surface area contributed by atoms with Crippen molar-refractivity contribution in [1.82, 2.24) is 19.9 Å². The molecule has 1 aliphatic heterocycles. The third kappa shape index (κ3) is 3.17. The topological polar surface area (TPSA) is 41.9 Å². The summed E-state index contributed by atoms with van der Waals surface area (Å²) in [4.78, 5) is 16.2. The van der Waals surface area contributed by atoms with E-state index in [-0.39, 0.29) is 0 Å². The highest BCUT2D eigenvalue weighted by Gasteiger charge is 2.18. The number of aromatic nitrogens is 3. The maximum Gasteiger partial charge on any atom is 0.0904 e. The third-order valence-electron chi connectivity index (χ3n) is 4.93. The molecule has 0 saturated carbocycles. The predicted molar refractivity (Wildman–Crippen MR) is 91.9 cm³/mol. The third-order valence-corrected chi connectivity index (χ3v) is 4.93. The highest BCUT2D eigenvalue weighted by molar-refractivity contribution is 5.66. The molecule has 0 bridgehead atoms. The monoisotopic (exact) mass is 306 g/mol. The van der Waals surface area contributed by atoms with E-state index in [1.807, 2.05) is 18.6 Å². The first kappa shape index (κ1) is 14.5. The van der Waals surface area contributed by atoms with Crippen molar-refractivity contribution < 1.29 is 0 Å². The van der Waals surface area contributed by atoms with Crippen molar-refractivity contribution in [3.8, 4) is 11.3 Å². The Balaban J connectivity index is 1.53. The Morgan fingerprint density at radius 2 is 2.04 bits per heavy atom. The van der Waals surface area contributed by atoms with Gasteiger partial charge in [0.05, 0.1) is 23.3 Å². The van der Waals surface area contributed by atoms with Crippen LogP contribution in [-0.2, 0) is 12.8 Å². The Morgan fingerprint density at radius 1 is 1.17 bits per heavy atom. The van der Waals surface area contributed by atoms with Gasteiger partial charge in [0.1, 0.15) is 0 Å². The quantitative estimate of drug-likeness (QED) is 0.874. The molecular formula is C19H22N4. The molecule has 2 aromatic heterocycles. The Bertz CT molecular complexity index is 730. The molecular weight excluding hydrogens is 284 g/mol. The van der Waals surface area contributed by atoms with E-state index in [0.717, 1.165) is 41.4 Å². The maximum atomic E-state index is 4.84. The van der Waals surface area contributed by atoms with Crippen LogP contribution in [-0.4, -0.2) is 40.0 Å². The van der Waals surface area contributed by atoms with Gasteiger partial charge in [0, 0.05) is 24.4 Å². The lowest BCUT2D eigenvalue weighted by Gasteiger charge is -2.28. The lowest BCUT2D eigenvalue weighted by molar-refractivity contribution is 0.218. The molecule has 4 heteroatoms. The van der Waals surface area contributed by atoms with Crippen LogP contribution in [0.2, 0.25) is 0 Å². The molecule has 0 atom stereocenters. The Kier molecular flexibility index (Phi) is 3.92. The van der Waals surface area contributed by atoms with Gasteiger partial charge in [0.25, 0.3) is 0 Å². The van der Waals surface area contributed by atoms with Crippen LogP contribution >= 0.6 is 0 Å². The number of allylic oxidation sites excluding steroid dienone is 1. The fraction of sp³-hybridized carbons (Fsp3) is 0.421. The molecule has 0 radical (unpaired) electrons. The van der Waals surface area contributed by atoms with E-state index in [4.69, 9.17) is 4.98 Å². The summed E-state index contributed by atoms with van der Waals surface area (Å²) >= 11 is 0. The number of nitrogens with zero attached hydrogens (tertiary/aromatic N) is 4. The Morgan fingerprint density at radius 3 is 2.91 bits per heavy atom. The van der Waals surface area contributed by atoms with Gasteiger partial charge in [-0.15, -0.1) is 0 Å². The normalized spacial score (nSPS) is 18.3. The first-order valence-electron chi connectivity index (χ1n) is 8.43. The van der Waals surface area contributed by atoms with Crippen molar-refractivity contribution in [2.75, 3.05) is 20.1 Å². The fourth-order valence-electron chi connectivity index (χ4n) is 3.47. The van der Waals surface area contributed by atoms with Gasteiger partial charge in [-0.1, -0.05) is 12.2 Å². The molecule has 1 fully saturated rings. The van der Waals surface area contributed by atoms with E-state index >= 15 is 0 Å². The molecule has 1 aliphatic carbocycles. The number of hydrogen-bond donors (Lipinski definition) is 0. The van der Waals surface area contributed by atoms with Crippen molar-refractivity contribution in [2.24, 2.45) is 5.92 Å². The lowest BCUT2D eigenvalue weighted by atomic mass is 9.92. The van der Waals surface area contributed by atoms with Crippen LogP contribution in [0.5, 0.6) is 0 Å². The largest absolute Gasteiger partial charge is 0.306 e. The molecule has 4 nitrogen and oxygen atoms in total. The second kappa shape index (κ2) is 6.20. The van der Waals surface area contributed by atoms with E-state index < -0.39 is 0 Å². The smallest absolute Gasteiger partial charge is 0.0904 e. The van der Waals surface area contributed by atoms with Gasteiger partial charge < -0.3 is 4.90 Å². The van der Waals surface area contributed by atoms with Gasteiger partial charge in [0.2, 0.25) is 0 Å². The molecule has 23 heavy (non-hydrogen) atoms. The molecule has 3 heterocycles. The maximum absolute atomic E-state index is 4.84. The lowest BCUT2D eigenvalue weighted by Crippen LogP contribution is -2.31. The van der Waals surface area contributed by atoms with Crippen LogP contribution in [0.1, 0.15) is 29.8 Å². The van der Waals surface area contributed by atoms with E-state index in [1.54, 1.807) is 0 Å². The summed E-state index contributed by atoms with van der Waals surface area (Å²) in [5, 5.41) is 0. The SMILES string of the molecule is CN1CCC(Cc2cncc(-c3cnc4c(c3)C=CC4)n2)CC1. The van der Waals surface area contributed by atoms with Gasteiger partial charge in [-0.3, -0.25) is 9.97 Å². The van der Waals surface area contributed by atoms with E-state index in [0.29, 0.717) is 0 Å². The van der Waals surface area contributed by atoms with E-state index in [1.165, 1.54) is 31.5 Å². The Labute approximate surface area is 137 Å². The number of hydrogen-bond acceptors (Lipinski definition) is 4. The van der Waals surface area contributed by atoms with Crippen LogP contribution in [0.25, 0.3) is 17.3 Å². The summed E-state index contributed by atoms with van der Waals surface area (Å²) in [6.45, 7) is 2.39. The average Bonchev–Trinajstić information content (AvgIpc) is 3.05. The van der Waals surface area contributed by atoms with Gasteiger partial charge in [-0.2, -0.15) is 0 Å². The number of likely N-dealkylation sites (tertiary alicyclic amines) is 1. The van der Waals surface area contributed by atoms with Crippen molar-refractivity contribution in [3.05, 3.63) is 47.7 Å². The number of piperidine rings is 1. The van der Waals surface area contributed by atoms with Gasteiger partial charge in [0.15, 0.2) is 0 Å². The summed E-state index contributed by atoms with van der Waals surface area (Å²) in [5.74, 6) is 0.733. The zero-order valence-electron chi connectivity index (χ0n) is 13.6. The van der Waals surface area contributed by atoms with Crippen LogP contribution in [0.3, 0.4) is 0 Å². The number of fused-ring (bicyclic) bond motifs is 1. The zero-order valence-corrected chi connectivity index (χ0v) is 13.6. The predicted octanol–water partition coefficient (Wildman–Crippen LogP) is 2.99. The first-order valence-corrected chi connectivity index (χ1v) is 8.43. The minimum Gasteiger partial charge on any atom is -0.306 e. The van der Waals surface area contributed by atoms with Crippen molar-refractivity contribution >= 4 is 6.08 Å². The molecule has 0 unspecified atom stereocenters. The highest BCUT2D eigenvalue weighted by atomic mass is 15.1. The summed E-state index contributed by atoms with van der Waals surface area (Å²) in [6, 6.07) is 2.18. The van der Waals surface area contributed by atoms with E-state index in [9.17, 15) is 0 Å². The molecule has 2 aromatic rings. The van der Waals surface area contributed by atoms with Gasteiger partial charge in [-0.25, -0.2) is 4.98 Å². The number of rotatable bonds is 3. The minimum absolute atomic E-state index is 0.733. The second-order valence-electron chi connectivity index (χ2n) is 6.71. The molecule has 2 aliphatic rings. The van der Waals surface area contributed by atoms with Gasteiger partial charge >= 0.3 is 0 Å². The molecule has 0 amide bonds. The highest BCUT2D eigenvalue weighted by Crippen LogP contribution is 2.25. The van der Waals surface area contributed by atoms with Crippen LogP contribution in [0, 0.1) is 5.92 Å². The summed E-state index contributed by atoms with van der Waals surface area (Å²) < 4.78 is 0. The molecule has 118 valence electrons. The fourth-order valence-corrected chi connectivity index (χ4v) is 3.47. The van der Waals surface area contributed by atoms with Crippen LogP contribution in [0.4, 0.5) is 0 Å². The molecule has 1 saturated heterocycles. The average molecular weight is 306 g/mol. The van der Waals surface area contributed by atoms with Crippen LogP contribution in [0.15, 0.2) is 30.7 Å². The summed E-state index contributed by atoms with van der Waals surface area (Å²) in [6.07, 6.45) is 14.5. The van der Waals surface area contributed by atoms with Gasteiger partial charge in [-0.05, 0) is 56.9 Å². The molecule has 0 aromatic carbocycles. The summed E-state index contributed by atoms with van der Waals surface area (Å²) in [5.41, 5.74) is 5.47.